The molecule has 46 heavy (non-hydrogen) atoms. The highest BCUT2D eigenvalue weighted by molar-refractivity contribution is 5.98. The molecule has 0 amide bonds. The maximum Gasteiger partial charge on any atom is 0.442 e. The molecule has 1 N–H and O–H groups in total. The number of aliphatic imine (C=N–C) groups is 2. The number of benzene rings is 3. The Morgan fingerprint density at radius 3 is 1.52 bits per heavy atom. The lowest BCUT2D eigenvalue weighted by molar-refractivity contribution is -0.371. The van der Waals surface area contributed by atoms with Crippen LogP contribution >= 0.6 is 0 Å². The van der Waals surface area contributed by atoms with Crippen LogP contribution in [-0.2, 0) is 20.7 Å². The van der Waals surface area contributed by atoms with Crippen molar-refractivity contribution in [1.29, 1.82) is 0 Å². The van der Waals surface area contributed by atoms with Crippen molar-refractivity contribution in [3.63, 3.8) is 0 Å². The first kappa shape index (κ1) is 32.7. The molecule has 0 atom stereocenters. The van der Waals surface area contributed by atoms with Crippen molar-refractivity contribution in [2.75, 3.05) is 0 Å². The average molecular weight is 672 g/mol. The summed E-state index contributed by atoms with van der Waals surface area (Å²) >= 11 is 0. The fraction of sp³-hybridized carbons (Fsp3) is 0.286. The van der Waals surface area contributed by atoms with E-state index < -0.39 is 93.0 Å². The molecule has 0 spiro atoms. The predicted octanol–water partition coefficient (Wildman–Crippen LogP) is 9.32. The maximum atomic E-state index is 14.5. The normalized spacial score (nSPS) is 17.5. The third kappa shape index (κ3) is 5.02. The number of halogens is 12. The molecule has 0 aliphatic carbocycles. The zero-order valence-corrected chi connectivity index (χ0v) is 22.8. The van der Waals surface area contributed by atoms with Gasteiger partial charge in [0.15, 0.2) is 5.90 Å². The molecule has 246 valence electrons. The number of aryl methyl sites for hydroxylation is 1. The van der Waals surface area contributed by atoms with Gasteiger partial charge in [-0.1, -0.05) is 0 Å². The van der Waals surface area contributed by atoms with Crippen molar-refractivity contribution in [2.45, 2.75) is 49.8 Å². The van der Waals surface area contributed by atoms with Crippen LogP contribution in [0.4, 0.5) is 64.1 Å². The molecule has 3 aromatic rings. The van der Waals surface area contributed by atoms with Crippen LogP contribution in [-0.4, -0.2) is 41.6 Å². The first-order valence-electron chi connectivity index (χ1n) is 12.6. The van der Waals surface area contributed by atoms with Crippen LogP contribution in [0.5, 0.6) is 17.2 Å². The van der Waals surface area contributed by atoms with Gasteiger partial charge in [-0.25, -0.2) is 9.98 Å². The summed E-state index contributed by atoms with van der Waals surface area (Å²) in [5, 5.41) is 9.84. The Hall–Kier alpha value is -4.64. The molecule has 0 radical (unpaired) electrons. The third-order valence-electron chi connectivity index (χ3n) is 6.89. The SMILES string of the molecule is CC1=Nc2ccc(Oc3ccc4c(c3)C(C(F)(F)F)(C(F)(F)F)OC(c3cc(C)cc(O)c3)=N4)cc2C(C(F)(F)F)(C(F)(F)F)O1. The van der Waals surface area contributed by atoms with Gasteiger partial charge in [0.1, 0.15) is 17.2 Å². The smallest absolute Gasteiger partial charge is 0.442 e. The lowest BCUT2D eigenvalue weighted by atomic mass is 9.88. The van der Waals surface area contributed by atoms with Crippen molar-refractivity contribution in [1.82, 2.24) is 0 Å². The Morgan fingerprint density at radius 1 is 0.609 bits per heavy atom. The van der Waals surface area contributed by atoms with Gasteiger partial charge in [-0.05, 0) is 67.1 Å². The van der Waals surface area contributed by atoms with E-state index in [1.54, 1.807) is 0 Å². The number of phenolic OH excluding ortho intramolecular Hbond substituents is 1. The van der Waals surface area contributed by atoms with E-state index in [9.17, 15) is 57.8 Å². The van der Waals surface area contributed by atoms with Gasteiger partial charge < -0.3 is 19.3 Å². The van der Waals surface area contributed by atoms with Crippen LogP contribution in [0.3, 0.4) is 0 Å². The molecular formula is C28H16F12N2O4. The van der Waals surface area contributed by atoms with Gasteiger partial charge in [-0.15, -0.1) is 0 Å². The fourth-order valence-electron chi connectivity index (χ4n) is 5.03. The van der Waals surface area contributed by atoms with Crippen molar-refractivity contribution in [3.05, 3.63) is 76.9 Å². The van der Waals surface area contributed by atoms with Gasteiger partial charge in [0, 0.05) is 23.6 Å². The third-order valence-corrected chi connectivity index (χ3v) is 6.89. The zero-order valence-electron chi connectivity index (χ0n) is 22.8. The Kier molecular flexibility index (Phi) is 7.25. The quantitative estimate of drug-likeness (QED) is 0.282. The molecular weight excluding hydrogens is 656 g/mol. The summed E-state index contributed by atoms with van der Waals surface area (Å²) in [5.41, 5.74) is -15.2. The molecule has 0 unspecified atom stereocenters. The first-order valence-corrected chi connectivity index (χ1v) is 12.6. The summed E-state index contributed by atoms with van der Waals surface area (Å²) in [6.45, 7) is 2.14. The zero-order chi connectivity index (χ0) is 34.3. The highest BCUT2D eigenvalue weighted by Crippen LogP contribution is 2.59. The van der Waals surface area contributed by atoms with E-state index in [-0.39, 0.29) is 17.7 Å². The molecule has 0 saturated heterocycles. The van der Waals surface area contributed by atoms with E-state index in [2.05, 4.69) is 19.5 Å². The van der Waals surface area contributed by atoms with Gasteiger partial charge in [-0.2, -0.15) is 52.7 Å². The highest BCUT2D eigenvalue weighted by atomic mass is 19.4. The van der Waals surface area contributed by atoms with Gasteiger partial charge >= 0.3 is 35.9 Å². The van der Waals surface area contributed by atoms with E-state index in [1.165, 1.54) is 13.0 Å². The van der Waals surface area contributed by atoms with Crippen LogP contribution in [0.2, 0.25) is 0 Å². The predicted molar refractivity (Wildman–Crippen MR) is 135 cm³/mol. The molecule has 0 saturated carbocycles. The van der Waals surface area contributed by atoms with Gasteiger partial charge in [-0.3, -0.25) is 0 Å². The first-order chi connectivity index (χ1) is 21.0. The van der Waals surface area contributed by atoms with Crippen LogP contribution in [0.25, 0.3) is 0 Å². The Balaban J connectivity index is 1.67. The minimum Gasteiger partial charge on any atom is -0.508 e. The molecule has 0 bridgehead atoms. The standard InChI is InChI=1S/C28H16F12N2O4/c1-12-7-14(9-15(43)8-12)22-42-21-6-4-17(11-19(21)24(46-22,27(35,36)37)28(38,39)40)44-16-3-5-20-18(10-16)23(25(29,30)31,26(32,33)34)45-13(2)41-20/h3-11,43H,1-2H3. The summed E-state index contributed by atoms with van der Waals surface area (Å²) in [4.78, 5) is 7.28. The Morgan fingerprint density at radius 2 is 1.07 bits per heavy atom. The molecule has 6 nitrogen and oxygen atoms in total. The maximum absolute atomic E-state index is 14.5. The summed E-state index contributed by atoms with van der Waals surface area (Å²) in [6, 6.07) is 6.41. The molecule has 0 fully saturated rings. The number of aromatic hydroxyl groups is 1. The average Bonchev–Trinajstić information content (AvgIpc) is 2.89. The van der Waals surface area contributed by atoms with Gasteiger partial charge in [0.2, 0.25) is 5.90 Å². The number of ether oxygens (including phenoxy) is 3. The number of rotatable bonds is 3. The largest absolute Gasteiger partial charge is 0.508 e. The van der Waals surface area contributed by atoms with Crippen molar-refractivity contribution >= 4 is 23.2 Å². The lowest BCUT2D eigenvalue weighted by Gasteiger charge is -2.40. The highest BCUT2D eigenvalue weighted by Gasteiger charge is 2.77. The van der Waals surface area contributed by atoms with Crippen LogP contribution < -0.4 is 4.74 Å². The van der Waals surface area contributed by atoms with Crippen LogP contribution in [0.15, 0.2) is 64.6 Å². The number of fused-ring (bicyclic) bond motifs is 2. The summed E-state index contributed by atoms with van der Waals surface area (Å²) in [7, 11) is 0. The number of alkyl halides is 12. The molecule has 2 aliphatic heterocycles. The molecule has 2 heterocycles. The lowest BCUT2D eigenvalue weighted by Crippen LogP contribution is -2.57. The van der Waals surface area contributed by atoms with Crippen LogP contribution in [0.1, 0.15) is 29.2 Å². The second kappa shape index (κ2) is 10.2. The van der Waals surface area contributed by atoms with Crippen molar-refractivity contribution in [3.8, 4) is 17.2 Å². The Labute approximate surface area is 249 Å². The number of hydrogen-bond acceptors (Lipinski definition) is 6. The number of phenols is 1. The van der Waals surface area contributed by atoms with E-state index >= 15 is 0 Å². The molecule has 3 aromatic carbocycles. The molecule has 5 rings (SSSR count). The number of hydrogen-bond donors (Lipinski definition) is 1. The Bertz CT molecular complexity index is 1720. The van der Waals surface area contributed by atoms with E-state index in [4.69, 9.17) is 4.74 Å². The second-order valence-electron chi connectivity index (χ2n) is 10.1. The minimum atomic E-state index is -6.22. The molecule has 2 aliphatic rings. The number of nitrogens with zero attached hydrogens (tertiary/aromatic N) is 2. The van der Waals surface area contributed by atoms with Gasteiger partial charge in [0.05, 0.1) is 11.4 Å². The summed E-state index contributed by atoms with van der Waals surface area (Å²) in [6.07, 6.45) is -24.7. The summed E-state index contributed by atoms with van der Waals surface area (Å²) < 4.78 is 185. The second-order valence-corrected chi connectivity index (χ2v) is 10.1. The topological polar surface area (TPSA) is 72.6 Å². The van der Waals surface area contributed by atoms with Gasteiger partial charge in [0.25, 0.3) is 0 Å². The molecule has 18 heteroatoms. The minimum absolute atomic E-state index is 0.198. The van der Waals surface area contributed by atoms with E-state index in [1.807, 2.05) is 0 Å². The van der Waals surface area contributed by atoms with Crippen molar-refractivity contribution < 1.29 is 72.0 Å². The van der Waals surface area contributed by atoms with E-state index in [0.717, 1.165) is 31.2 Å². The fourth-order valence-corrected chi connectivity index (χ4v) is 5.03. The van der Waals surface area contributed by atoms with Crippen LogP contribution in [0, 0.1) is 6.92 Å². The van der Waals surface area contributed by atoms with Crippen molar-refractivity contribution in [2.24, 2.45) is 9.98 Å². The monoisotopic (exact) mass is 672 g/mol. The van der Waals surface area contributed by atoms with E-state index in [0.29, 0.717) is 12.1 Å². The summed E-state index contributed by atoms with van der Waals surface area (Å²) in [5.74, 6) is -4.38. The molecule has 0 aromatic heterocycles.